The van der Waals surface area contributed by atoms with Crippen molar-refractivity contribution >= 4 is 7.60 Å². The Morgan fingerprint density at radius 2 is 2.12 bits per heavy atom. The molecule has 0 fully saturated rings. The van der Waals surface area contributed by atoms with Gasteiger partial charge in [-0.15, -0.1) is 0 Å². The van der Waals surface area contributed by atoms with Crippen LogP contribution in [0.2, 0.25) is 0 Å². The zero-order valence-corrected chi connectivity index (χ0v) is 9.23. The van der Waals surface area contributed by atoms with Crippen molar-refractivity contribution in [1.82, 2.24) is 19.6 Å². The number of nitrogens with zero attached hydrogens (tertiary/aromatic N) is 4. The van der Waals surface area contributed by atoms with Gasteiger partial charge in [-0.25, -0.2) is 0 Å². The summed E-state index contributed by atoms with van der Waals surface area (Å²) >= 11 is 0. The van der Waals surface area contributed by atoms with Gasteiger partial charge in [-0.3, -0.25) is 13.9 Å². The quantitative estimate of drug-likeness (QED) is 0.750. The minimum Gasteiger partial charge on any atom is -0.324 e. The summed E-state index contributed by atoms with van der Waals surface area (Å²) in [5.74, 6) is 0. The minimum atomic E-state index is -4.04. The normalized spacial score (nSPS) is 11.9. The Labute approximate surface area is 91.5 Å². The average molecular weight is 242 g/mol. The molecule has 7 nitrogen and oxygen atoms in total. The zero-order chi connectivity index (χ0) is 11.6. The minimum absolute atomic E-state index is 0.334. The maximum Gasteiger partial charge on any atom is 0.331 e. The summed E-state index contributed by atoms with van der Waals surface area (Å²) < 4.78 is 14.0. The Morgan fingerprint density at radius 1 is 1.31 bits per heavy atom. The van der Waals surface area contributed by atoms with Crippen molar-refractivity contribution in [2.75, 3.05) is 0 Å². The van der Waals surface area contributed by atoms with E-state index in [1.165, 1.54) is 0 Å². The lowest BCUT2D eigenvalue weighted by atomic mass is 10.5. The van der Waals surface area contributed by atoms with Crippen molar-refractivity contribution in [2.45, 2.75) is 12.8 Å². The van der Waals surface area contributed by atoms with Crippen LogP contribution in [0, 0.1) is 0 Å². The van der Waals surface area contributed by atoms with E-state index in [-0.39, 0.29) is 6.16 Å². The van der Waals surface area contributed by atoms with Crippen molar-refractivity contribution in [3.63, 3.8) is 0 Å². The molecule has 8 heteroatoms. The van der Waals surface area contributed by atoms with Gasteiger partial charge in [0.2, 0.25) is 0 Å². The SMILES string of the molecule is O=P(O)(O)Cc1ccn(Cn2cccn2)n1. The van der Waals surface area contributed by atoms with E-state index in [1.54, 1.807) is 40.1 Å². The molecule has 2 rings (SSSR count). The molecule has 0 radical (unpaired) electrons. The highest BCUT2D eigenvalue weighted by Gasteiger charge is 2.15. The summed E-state index contributed by atoms with van der Waals surface area (Å²) in [5, 5.41) is 8.03. The van der Waals surface area contributed by atoms with Gasteiger partial charge < -0.3 is 9.79 Å². The second-order valence-electron chi connectivity index (χ2n) is 3.36. The monoisotopic (exact) mass is 242 g/mol. The van der Waals surface area contributed by atoms with E-state index in [4.69, 9.17) is 9.79 Å². The van der Waals surface area contributed by atoms with Crippen LogP contribution in [0.1, 0.15) is 5.69 Å². The van der Waals surface area contributed by atoms with Crippen LogP contribution in [0.5, 0.6) is 0 Å². The van der Waals surface area contributed by atoms with Crippen molar-refractivity contribution < 1.29 is 14.4 Å². The molecule has 0 saturated carbocycles. The molecule has 2 N–H and O–H groups in total. The van der Waals surface area contributed by atoms with Crippen LogP contribution in [-0.2, 0) is 17.4 Å². The first-order valence-electron chi connectivity index (χ1n) is 4.57. The lowest BCUT2D eigenvalue weighted by Crippen LogP contribution is -2.09. The maximum atomic E-state index is 10.8. The van der Waals surface area contributed by atoms with Gasteiger partial charge in [-0.05, 0) is 12.1 Å². The molecule has 2 aromatic rings. The fourth-order valence-corrected chi connectivity index (χ4v) is 1.90. The highest BCUT2D eigenvalue weighted by molar-refractivity contribution is 7.50. The van der Waals surface area contributed by atoms with Crippen LogP contribution < -0.4 is 0 Å². The molecule has 0 aliphatic rings. The smallest absolute Gasteiger partial charge is 0.324 e. The van der Waals surface area contributed by atoms with Crippen LogP contribution >= 0.6 is 7.60 Å². The van der Waals surface area contributed by atoms with Crippen LogP contribution in [0.25, 0.3) is 0 Å². The van der Waals surface area contributed by atoms with Gasteiger partial charge in [-0.1, -0.05) is 0 Å². The second-order valence-corrected chi connectivity index (χ2v) is 5.00. The molecule has 0 spiro atoms. The number of hydrogen-bond acceptors (Lipinski definition) is 3. The summed E-state index contributed by atoms with van der Waals surface area (Å²) in [5.41, 5.74) is 0.375. The standard InChI is InChI=1S/C8H11N4O3P/c13-16(14,15)6-8-2-5-12(10-8)7-11-4-1-3-9-11/h1-5H,6-7H2,(H2,13,14,15). The zero-order valence-electron chi connectivity index (χ0n) is 8.34. The predicted octanol–water partition coefficient (Wildman–Crippen LogP) is 0.263. The fraction of sp³-hybridized carbons (Fsp3) is 0.250. The van der Waals surface area contributed by atoms with Gasteiger partial charge >= 0.3 is 7.60 Å². The van der Waals surface area contributed by atoms with E-state index in [9.17, 15) is 4.57 Å². The summed E-state index contributed by atoms with van der Waals surface area (Å²) in [6, 6.07) is 3.38. The molecule has 16 heavy (non-hydrogen) atoms. The molecular formula is C8H11N4O3P. The van der Waals surface area contributed by atoms with Crippen LogP contribution in [0.4, 0.5) is 0 Å². The lowest BCUT2D eigenvalue weighted by molar-refractivity contribution is 0.370. The molecule has 0 aliphatic carbocycles. The van der Waals surface area contributed by atoms with Gasteiger partial charge in [0, 0.05) is 18.6 Å². The second kappa shape index (κ2) is 4.21. The number of aromatic nitrogens is 4. The Balaban J connectivity index is 2.05. The molecule has 0 bridgehead atoms. The van der Waals surface area contributed by atoms with Crippen molar-refractivity contribution in [3.05, 3.63) is 36.4 Å². The lowest BCUT2D eigenvalue weighted by Gasteiger charge is -2.02. The Hall–Kier alpha value is -1.43. The molecule has 0 atom stereocenters. The molecule has 0 aromatic carbocycles. The molecule has 0 unspecified atom stereocenters. The van der Waals surface area contributed by atoms with E-state index in [0.29, 0.717) is 12.4 Å². The fourth-order valence-electron chi connectivity index (χ4n) is 1.31. The first-order valence-corrected chi connectivity index (χ1v) is 6.37. The van der Waals surface area contributed by atoms with E-state index < -0.39 is 7.60 Å². The van der Waals surface area contributed by atoms with Crippen LogP contribution in [0.3, 0.4) is 0 Å². The van der Waals surface area contributed by atoms with E-state index in [0.717, 1.165) is 0 Å². The van der Waals surface area contributed by atoms with Crippen LogP contribution in [-0.4, -0.2) is 29.3 Å². The maximum absolute atomic E-state index is 10.8. The summed E-state index contributed by atoms with van der Waals surface area (Å²) in [4.78, 5) is 17.6. The predicted molar refractivity (Wildman–Crippen MR) is 55.6 cm³/mol. The van der Waals surface area contributed by atoms with Crippen LogP contribution in [0.15, 0.2) is 30.7 Å². The highest BCUT2D eigenvalue weighted by atomic mass is 31.2. The van der Waals surface area contributed by atoms with E-state index in [2.05, 4.69) is 10.2 Å². The molecule has 0 saturated heterocycles. The molecule has 0 amide bonds. The summed E-state index contributed by atoms with van der Waals surface area (Å²) in [7, 11) is -4.04. The summed E-state index contributed by atoms with van der Waals surface area (Å²) in [6.07, 6.45) is 4.76. The third-order valence-corrected chi connectivity index (χ3v) is 2.65. The van der Waals surface area contributed by atoms with Gasteiger partial charge in [-0.2, -0.15) is 10.2 Å². The average Bonchev–Trinajstić information content (AvgIpc) is 2.75. The topological polar surface area (TPSA) is 93.2 Å². The molecule has 86 valence electrons. The molecule has 0 aliphatic heterocycles. The molecular weight excluding hydrogens is 231 g/mol. The van der Waals surface area contributed by atoms with Crippen molar-refractivity contribution in [3.8, 4) is 0 Å². The van der Waals surface area contributed by atoms with E-state index in [1.807, 2.05) is 0 Å². The Bertz CT molecular complexity index is 501. The molecule has 2 aromatic heterocycles. The third-order valence-electron chi connectivity index (χ3n) is 1.91. The van der Waals surface area contributed by atoms with Gasteiger partial charge in [0.25, 0.3) is 0 Å². The Kier molecular flexibility index (Phi) is 2.91. The largest absolute Gasteiger partial charge is 0.331 e. The van der Waals surface area contributed by atoms with Gasteiger partial charge in [0.15, 0.2) is 0 Å². The first-order chi connectivity index (χ1) is 7.53. The Morgan fingerprint density at radius 3 is 2.75 bits per heavy atom. The van der Waals surface area contributed by atoms with Gasteiger partial charge in [0.05, 0.1) is 11.9 Å². The number of rotatable bonds is 4. The third kappa shape index (κ3) is 3.03. The molecule has 2 heterocycles. The van der Waals surface area contributed by atoms with E-state index >= 15 is 0 Å². The highest BCUT2D eigenvalue weighted by Crippen LogP contribution is 2.38. The summed E-state index contributed by atoms with van der Waals surface area (Å²) in [6.45, 7) is 0.425. The van der Waals surface area contributed by atoms with Gasteiger partial charge in [0.1, 0.15) is 6.67 Å². The first kappa shape index (κ1) is 11.1. The number of hydrogen-bond donors (Lipinski definition) is 2. The van der Waals surface area contributed by atoms with Crippen molar-refractivity contribution in [2.24, 2.45) is 0 Å². The van der Waals surface area contributed by atoms with Crippen molar-refractivity contribution in [1.29, 1.82) is 0 Å².